The Labute approximate surface area is 133 Å². The third-order valence-corrected chi connectivity index (χ3v) is 3.92. The molecule has 1 atom stereocenters. The van der Waals surface area contributed by atoms with Crippen LogP contribution in [0, 0.1) is 0 Å². The van der Waals surface area contributed by atoms with Crippen LogP contribution in [-0.4, -0.2) is 29.3 Å². The van der Waals surface area contributed by atoms with Gasteiger partial charge in [0.25, 0.3) is 0 Å². The summed E-state index contributed by atoms with van der Waals surface area (Å²) < 4.78 is 4.00. The Morgan fingerprint density at radius 2 is 2.09 bits per heavy atom. The Hall–Kier alpha value is -3.02. The minimum Gasteiger partial charge on any atom is -0.326 e. The van der Waals surface area contributed by atoms with Gasteiger partial charge in [0.15, 0.2) is 0 Å². The van der Waals surface area contributed by atoms with Crippen LogP contribution in [0.25, 0.3) is 22.3 Å². The van der Waals surface area contributed by atoms with E-state index < -0.39 is 0 Å². The average molecular weight is 304 g/mol. The summed E-state index contributed by atoms with van der Waals surface area (Å²) in [5, 5.41) is 5.29. The highest BCUT2D eigenvalue weighted by molar-refractivity contribution is 5.83. The van der Waals surface area contributed by atoms with Gasteiger partial charge in [-0.15, -0.1) is 0 Å². The third-order valence-electron chi connectivity index (χ3n) is 3.92. The van der Waals surface area contributed by atoms with Crippen LogP contribution in [-0.2, 0) is 6.54 Å². The summed E-state index contributed by atoms with van der Waals surface area (Å²) in [5.41, 5.74) is 2.07. The number of nitrogens with zero attached hydrogens (tertiary/aromatic N) is 6. The molecule has 0 amide bonds. The molecular weight excluding hydrogens is 288 g/mol. The van der Waals surface area contributed by atoms with E-state index >= 15 is 0 Å². The maximum absolute atomic E-state index is 4.54. The lowest BCUT2D eigenvalue weighted by Crippen LogP contribution is -2.14. The van der Waals surface area contributed by atoms with Gasteiger partial charge < -0.3 is 4.57 Å². The molecule has 6 heteroatoms. The molecule has 23 heavy (non-hydrogen) atoms. The molecular formula is C17H16N6. The lowest BCUT2D eigenvalue weighted by Gasteiger charge is -2.16. The number of pyridine rings is 1. The van der Waals surface area contributed by atoms with Gasteiger partial charge in [-0.1, -0.05) is 6.07 Å². The van der Waals surface area contributed by atoms with Gasteiger partial charge in [0.2, 0.25) is 0 Å². The van der Waals surface area contributed by atoms with Crippen molar-refractivity contribution in [3.8, 4) is 11.4 Å². The zero-order valence-corrected chi connectivity index (χ0v) is 12.7. The Morgan fingerprint density at radius 1 is 1.13 bits per heavy atom. The second-order valence-electron chi connectivity index (χ2n) is 5.54. The first-order valence-corrected chi connectivity index (χ1v) is 7.51. The summed E-state index contributed by atoms with van der Waals surface area (Å²) in [5.74, 6) is 0.948. The van der Waals surface area contributed by atoms with Crippen LogP contribution in [0.2, 0.25) is 0 Å². The van der Waals surface area contributed by atoms with Crippen molar-refractivity contribution in [2.75, 3.05) is 0 Å². The number of aromatic nitrogens is 6. The molecule has 114 valence electrons. The molecule has 6 nitrogen and oxygen atoms in total. The topological polar surface area (TPSA) is 61.4 Å². The van der Waals surface area contributed by atoms with Crippen molar-refractivity contribution in [2.45, 2.75) is 19.5 Å². The molecule has 0 spiro atoms. The van der Waals surface area contributed by atoms with E-state index in [9.17, 15) is 0 Å². The van der Waals surface area contributed by atoms with Gasteiger partial charge in [-0.2, -0.15) is 5.10 Å². The normalized spacial score (nSPS) is 12.6. The first-order valence-electron chi connectivity index (χ1n) is 7.51. The summed E-state index contributed by atoms with van der Waals surface area (Å²) in [6.45, 7) is 2.90. The molecule has 4 aromatic rings. The number of fused-ring (bicyclic) bond motifs is 1. The van der Waals surface area contributed by atoms with Crippen molar-refractivity contribution in [3.05, 3.63) is 61.6 Å². The van der Waals surface area contributed by atoms with Crippen LogP contribution in [0.3, 0.4) is 0 Å². The van der Waals surface area contributed by atoms with Crippen LogP contribution in [0.4, 0.5) is 0 Å². The van der Waals surface area contributed by atoms with Gasteiger partial charge >= 0.3 is 0 Å². The molecule has 0 saturated carbocycles. The molecule has 0 radical (unpaired) electrons. The van der Waals surface area contributed by atoms with Gasteiger partial charge in [0.05, 0.1) is 18.1 Å². The fourth-order valence-electron chi connectivity index (χ4n) is 2.79. The summed E-state index contributed by atoms with van der Waals surface area (Å²) in [6.07, 6.45) is 8.93. The van der Waals surface area contributed by atoms with Crippen molar-refractivity contribution in [2.24, 2.45) is 0 Å². The third kappa shape index (κ3) is 2.59. The summed E-state index contributed by atoms with van der Waals surface area (Å²) in [7, 11) is 0. The fourth-order valence-corrected chi connectivity index (χ4v) is 2.79. The number of hydrogen-bond acceptors (Lipinski definition) is 4. The Balaban J connectivity index is 1.70. The highest BCUT2D eigenvalue weighted by atomic mass is 15.3. The highest BCUT2D eigenvalue weighted by Crippen LogP contribution is 2.25. The SMILES string of the molecule is CC(Cn1cncn1)n1ccnc1-c1ccc2ncccc2c1. The van der Waals surface area contributed by atoms with E-state index in [1.807, 2.05) is 35.4 Å². The molecule has 1 aromatic carbocycles. The lowest BCUT2D eigenvalue weighted by molar-refractivity contribution is 0.439. The quantitative estimate of drug-likeness (QED) is 0.581. The Bertz CT molecular complexity index is 925. The van der Waals surface area contributed by atoms with E-state index in [0.29, 0.717) is 0 Å². The molecule has 0 aliphatic carbocycles. The van der Waals surface area contributed by atoms with Crippen LogP contribution >= 0.6 is 0 Å². The van der Waals surface area contributed by atoms with Crippen molar-refractivity contribution in [1.29, 1.82) is 0 Å². The van der Waals surface area contributed by atoms with Crippen LogP contribution in [0.15, 0.2) is 61.6 Å². The van der Waals surface area contributed by atoms with Gasteiger partial charge in [0.1, 0.15) is 18.5 Å². The molecule has 4 rings (SSSR count). The molecule has 0 bridgehead atoms. The van der Waals surface area contributed by atoms with E-state index in [1.165, 1.54) is 0 Å². The standard InChI is InChI=1S/C17H16N6/c1-13(10-22-12-18-11-21-22)23-8-7-20-17(23)15-4-5-16-14(9-15)3-2-6-19-16/h2-9,11-13H,10H2,1H3. The van der Waals surface area contributed by atoms with Crippen LogP contribution in [0.5, 0.6) is 0 Å². The van der Waals surface area contributed by atoms with Crippen molar-refractivity contribution in [1.82, 2.24) is 29.3 Å². The maximum Gasteiger partial charge on any atom is 0.140 e. The van der Waals surface area contributed by atoms with Crippen molar-refractivity contribution >= 4 is 10.9 Å². The molecule has 3 heterocycles. The highest BCUT2D eigenvalue weighted by Gasteiger charge is 2.13. The minimum absolute atomic E-state index is 0.221. The van der Waals surface area contributed by atoms with Gasteiger partial charge in [-0.3, -0.25) is 9.67 Å². The molecule has 0 N–H and O–H groups in total. The zero-order valence-electron chi connectivity index (χ0n) is 12.7. The second-order valence-corrected chi connectivity index (χ2v) is 5.54. The van der Waals surface area contributed by atoms with E-state index in [0.717, 1.165) is 28.8 Å². The summed E-state index contributed by atoms with van der Waals surface area (Å²) in [4.78, 5) is 12.9. The van der Waals surface area contributed by atoms with Gasteiger partial charge in [-0.05, 0) is 31.2 Å². The lowest BCUT2D eigenvalue weighted by atomic mass is 10.1. The number of hydrogen-bond donors (Lipinski definition) is 0. The molecule has 0 saturated heterocycles. The molecule has 1 unspecified atom stereocenters. The average Bonchev–Trinajstić information content (AvgIpc) is 3.25. The fraction of sp³-hybridized carbons (Fsp3) is 0.176. The first-order chi connectivity index (χ1) is 11.3. The Morgan fingerprint density at radius 3 is 2.96 bits per heavy atom. The molecule has 0 aliphatic rings. The van der Waals surface area contributed by atoms with Gasteiger partial charge in [-0.25, -0.2) is 9.97 Å². The number of rotatable bonds is 4. The van der Waals surface area contributed by atoms with E-state index in [1.54, 1.807) is 12.7 Å². The molecule has 3 aromatic heterocycles. The second kappa shape index (κ2) is 5.64. The van der Waals surface area contributed by atoms with Crippen molar-refractivity contribution in [3.63, 3.8) is 0 Å². The number of benzene rings is 1. The largest absolute Gasteiger partial charge is 0.326 e. The zero-order chi connectivity index (χ0) is 15.6. The van der Waals surface area contributed by atoms with Gasteiger partial charge in [0, 0.05) is 29.5 Å². The van der Waals surface area contributed by atoms with E-state index in [2.05, 4.69) is 49.7 Å². The first kappa shape index (κ1) is 13.6. The van der Waals surface area contributed by atoms with Crippen molar-refractivity contribution < 1.29 is 0 Å². The summed E-state index contributed by atoms with van der Waals surface area (Å²) in [6, 6.07) is 10.5. The summed E-state index contributed by atoms with van der Waals surface area (Å²) >= 11 is 0. The minimum atomic E-state index is 0.221. The number of imidazole rings is 1. The predicted molar refractivity (Wildman–Crippen MR) is 87.7 cm³/mol. The van der Waals surface area contributed by atoms with E-state index in [4.69, 9.17) is 0 Å². The maximum atomic E-state index is 4.54. The Kier molecular flexibility index (Phi) is 3.34. The van der Waals surface area contributed by atoms with Crippen LogP contribution < -0.4 is 0 Å². The molecule has 0 aliphatic heterocycles. The monoisotopic (exact) mass is 304 g/mol. The molecule has 0 fully saturated rings. The smallest absolute Gasteiger partial charge is 0.140 e. The van der Waals surface area contributed by atoms with E-state index in [-0.39, 0.29) is 6.04 Å². The predicted octanol–water partition coefficient (Wildman–Crippen LogP) is 2.95. The van der Waals surface area contributed by atoms with Crippen LogP contribution in [0.1, 0.15) is 13.0 Å².